The molecule has 0 radical (unpaired) electrons. The summed E-state index contributed by atoms with van der Waals surface area (Å²) < 4.78 is 0. The fraction of sp³-hybridized carbons (Fsp3) is 0.0625. The molecule has 2 N–H and O–H groups in total. The highest BCUT2D eigenvalue weighted by atomic mass is 35.5. The highest BCUT2D eigenvalue weighted by Gasteiger charge is 2.01. The van der Waals surface area contributed by atoms with Crippen LogP contribution in [-0.4, -0.2) is 11.0 Å². The van der Waals surface area contributed by atoms with Crippen LogP contribution in [0.25, 0.3) is 6.08 Å². The number of anilines is 1. The molecule has 2 aromatic carbocycles. The van der Waals surface area contributed by atoms with Crippen LogP contribution in [0.15, 0.2) is 48.5 Å². The van der Waals surface area contributed by atoms with Crippen molar-refractivity contribution >= 4 is 40.9 Å². The molecule has 3 nitrogen and oxygen atoms in total. The number of rotatable bonds is 4. The topological polar surface area (TPSA) is 49.3 Å². The number of benzene rings is 2. The number of hydrogen-bond acceptors (Lipinski definition) is 2. The summed E-state index contributed by atoms with van der Waals surface area (Å²) in [6.45, 7) is -0.0264. The second-order valence-electron chi connectivity index (χ2n) is 4.34. The normalized spacial score (nSPS) is 10.8. The van der Waals surface area contributed by atoms with E-state index in [1.807, 2.05) is 0 Å². The second kappa shape index (κ2) is 7.27. The molecule has 21 heavy (non-hydrogen) atoms. The molecule has 0 saturated heterocycles. The summed E-state index contributed by atoms with van der Waals surface area (Å²) in [6.07, 6.45) is 2.99. The van der Waals surface area contributed by atoms with Crippen molar-refractivity contribution in [2.24, 2.45) is 0 Å². The van der Waals surface area contributed by atoms with Gasteiger partial charge in [-0.1, -0.05) is 35.3 Å². The van der Waals surface area contributed by atoms with Crippen molar-refractivity contribution in [2.45, 2.75) is 6.61 Å². The Morgan fingerprint density at radius 3 is 2.52 bits per heavy atom. The zero-order valence-corrected chi connectivity index (χ0v) is 12.5. The lowest BCUT2D eigenvalue weighted by Crippen LogP contribution is -2.07. The van der Waals surface area contributed by atoms with Gasteiger partial charge in [0, 0.05) is 21.8 Å². The van der Waals surface area contributed by atoms with E-state index in [4.69, 9.17) is 28.3 Å². The first-order chi connectivity index (χ1) is 10.1. The molecule has 0 spiro atoms. The molecule has 0 aliphatic rings. The van der Waals surface area contributed by atoms with Gasteiger partial charge in [-0.3, -0.25) is 4.79 Å². The Hall–Kier alpha value is -1.81. The molecule has 2 rings (SSSR count). The van der Waals surface area contributed by atoms with Gasteiger partial charge in [0.15, 0.2) is 0 Å². The minimum Gasteiger partial charge on any atom is -0.392 e. The molecule has 108 valence electrons. The molecule has 0 atom stereocenters. The molecule has 0 saturated carbocycles. The molecule has 0 aliphatic heterocycles. The van der Waals surface area contributed by atoms with E-state index in [2.05, 4.69) is 5.32 Å². The first-order valence-electron chi connectivity index (χ1n) is 6.22. The SMILES string of the molecule is O=C(C=Cc1cc(Cl)ccc1Cl)Nc1ccc(CO)cc1. The molecule has 2 aromatic rings. The van der Waals surface area contributed by atoms with E-state index in [9.17, 15) is 4.79 Å². The number of nitrogens with one attached hydrogen (secondary N) is 1. The Morgan fingerprint density at radius 2 is 1.86 bits per heavy atom. The van der Waals surface area contributed by atoms with Crippen LogP contribution in [0.4, 0.5) is 5.69 Å². The van der Waals surface area contributed by atoms with Crippen LogP contribution in [-0.2, 0) is 11.4 Å². The quantitative estimate of drug-likeness (QED) is 0.831. The van der Waals surface area contributed by atoms with Crippen molar-refractivity contribution in [3.05, 3.63) is 69.7 Å². The fourth-order valence-electron chi connectivity index (χ4n) is 1.69. The number of hydrogen-bond donors (Lipinski definition) is 2. The van der Waals surface area contributed by atoms with Crippen LogP contribution in [0.3, 0.4) is 0 Å². The average molecular weight is 322 g/mol. The lowest BCUT2D eigenvalue weighted by molar-refractivity contribution is -0.111. The van der Waals surface area contributed by atoms with Crippen molar-refractivity contribution in [3.63, 3.8) is 0 Å². The van der Waals surface area contributed by atoms with Gasteiger partial charge in [-0.05, 0) is 47.5 Å². The summed E-state index contributed by atoms with van der Waals surface area (Å²) in [7, 11) is 0. The standard InChI is InChI=1S/C16H13Cl2NO2/c17-13-4-7-15(18)12(9-13)3-8-16(21)19-14-5-1-11(10-20)2-6-14/h1-9,20H,10H2,(H,19,21). The van der Waals surface area contributed by atoms with Crippen LogP contribution in [0.2, 0.25) is 10.0 Å². The molecule has 0 aliphatic carbocycles. The van der Waals surface area contributed by atoms with Gasteiger partial charge in [0.25, 0.3) is 0 Å². The Morgan fingerprint density at radius 1 is 1.14 bits per heavy atom. The summed E-state index contributed by atoms with van der Waals surface area (Å²) in [5.41, 5.74) is 2.11. The van der Waals surface area contributed by atoms with Gasteiger partial charge >= 0.3 is 0 Å². The summed E-state index contributed by atoms with van der Waals surface area (Å²) >= 11 is 11.9. The van der Waals surface area contributed by atoms with E-state index in [0.29, 0.717) is 21.3 Å². The van der Waals surface area contributed by atoms with Crippen LogP contribution in [0, 0.1) is 0 Å². The van der Waals surface area contributed by atoms with Gasteiger partial charge in [0.2, 0.25) is 5.91 Å². The van der Waals surface area contributed by atoms with Gasteiger partial charge in [-0.25, -0.2) is 0 Å². The van der Waals surface area contributed by atoms with Crippen LogP contribution in [0.1, 0.15) is 11.1 Å². The van der Waals surface area contributed by atoms with E-state index >= 15 is 0 Å². The lowest BCUT2D eigenvalue weighted by atomic mass is 10.2. The number of halogens is 2. The number of carbonyl (C=O) groups excluding carboxylic acids is 1. The largest absolute Gasteiger partial charge is 0.392 e. The zero-order valence-electron chi connectivity index (χ0n) is 11.0. The Balaban J connectivity index is 2.03. The van der Waals surface area contributed by atoms with Crippen LogP contribution >= 0.6 is 23.2 Å². The summed E-state index contributed by atoms with van der Waals surface area (Å²) in [6, 6.07) is 12.0. The molecule has 0 bridgehead atoms. The summed E-state index contributed by atoms with van der Waals surface area (Å²) in [5.74, 6) is -0.275. The third-order valence-corrected chi connectivity index (χ3v) is 3.36. The first kappa shape index (κ1) is 15.6. The van der Waals surface area contributed by atoms with Crippen molar-refractivity contribution in [1.29, 1.82) is 0 Å². The summed E-state index contributed by atoms with van der Waals surface area (Å²) in [5, 5.41) is 12.7. The van der Waals surface area contributed by atoms with Crippen LogP contribution < -0.4 is 5.32 Å². The molecule has 0 unspecified atom stereocenters. The molecule has 0 aromatic heterocycles. The van der Waals surface area contributed by atoms with Gasteiger partial charge in [-0.15, -0.1) is 0 Å². The smallest absolute Gasteiger partial charge is 0.248 e. The fourth-order valence-corrected chi connectivity index (χ4v) is 2.05. The van der Waals surface area contributed by atoms with E-state index in [1.165, 1.54) is 6.08 Å². The highest BCUT2D eigenvalue weighted by Crippen LogP contribution is 2.21. The maximum absolute atomic E-state index is 11.8. The van der Waals surface area contributed by atoms with E-state index in [-0.39, 0.29) is 12.5 Å². The van der Waals surface area contributed by atoms with Crippen LogP contribution in [0.5, 0.6) is 0 Å². The summed E-state index contributed by atoms with van der Waals surface area (Å²) in [4.78, 5) is 11.8. The highest BCUT2D eigenvalue weighted by molar-refractivity contribution is 6.34. The van der Waals surface area contributed by atoms with Gasteiger partial charge in [0.05, 0.1) is 6.61 Å². The predicted octanol–water partition coefficient (Wildman–Crippen LogP) is 4.14. The maximum Gasteiger partial charge on any atom is 0.248 e. The minimum absolute atomic E-state index is 0.0264. The Kier molecular flexibility index (Phi) is 5.39. The lowest BCUT2D eigenvalue weighted by Gasteiger charge is -2.03. The molecule has 0 heterocycles. The third kappa shape index (κ3) is 4.60. The number of aliphatic hydroxyl groups excluding tert-OH is 1. The second-order valence-corrected chi connectivity index (χ2v) is 5.19. The number of carbonyl (C=O) groups is 1. The molecular weight excluding hydrogens is 309 g/mol. The Bertz CT molecular complexity index is 666. The van der Waals surface area contributed by atoms with Gasteiger partial charge in [0.1, 0.15) is 0 Å². The van der Waals surface area contributed by atoms with Gasteiger partial charge in [-0.2, -0.15) is 0 Å². The monoisotopic (exact) mass is 321 g/mol. The van der Waals surface area contributed by atoms with Crippen molar-refractivity contribution in [2.75, 3.05) is 5.32 Å². The predicted molar refractivity (Wildman–Crippen MR) is 86.5 cm³/mol. The number of amides is 1. The molecule has 5 heteroatoms. The van der Waals surface area contributed by atoms with Gasteiger partial charge < -0.3 is 10.4 Å². The van der Waals surface area contributed by atoms with Crippen molar-refractivity contribution in [3.8, 4) is 0 Å². The van der Waals surface area contributed by atoms with Crippen molar-refractivity contribution in [1.82, 2.24) is 0 Å². The molecule has 0 fully saturated rings. The zero-order chi connectivity index (χ0) is 15.2. The maximum atomic E-state index is 11.8. The minimum atomic E-state index is -0.275. The van der Waals surface area contributed by atoms with E-state index in [1.54, 1.807) is 48.5 Å². The Labute approximate surface area is 132 Å². The van der Waals surface area contributed by atoms with E-state index in [0.717, 1.165) is 5.56 Å². The first-order valence-corrected chi connectivity index (χ1v) is 6.98. The van der Waals surface area contributed by atoms with E-state index < -0.39 is 0 Å². The third-order valence-electron chi connectivity index (χ3n) is 2.78. The number of aliphatic hydroxyl groups is 1. The molecular formula is C16H13Cl2NO2. The van der Waals surface area contributed by atoms with Crippen molar-refractivity contribution < 1.29 is 9.90 Å². The average Bonchev–Trinajstić information content (AvgIpc) is 2.49. The molecule has 1 amide bonds.